The maximum atomic E-state index is 9.08. The smallest absolute Gasteiger partial charge is 0.126 e. The van der Waals surface area contributed by atoms with Crippen LogP contribution in [0, 0.1) is 11.3 Å². The highest BCUT2D eigenvalue weighted by Crippen LogP contribution is 2.32. The Labute approximate surface area is 179 Å². The lowest BCUT2D eigenvalue weighted by atomic mass is 9.94. The topological polar surface area (TPSA) is 57.4 Å². The number of benzene rings is 3. The molecule has 2 atom stereocenters. The molecule has 0 spiro atoms. The second-order valence-corrected chi connectivity index (χ2v) is 7.83. The number of aliphatic imine (C=N–C) groups is 1. The molecule has 4 rings (SSSR count). The highest BCUT2D eigenvalue weighted by atomic mass is 79.9. The predicted octanol–water partition coefficient (Wildman–Crippen LogP) is 5.55. The molecule has 1 aliphatic rings. The molecule has 4 nitrogen and oxygen atoms in total. The third-order valence-electron chi connectivity index (χ3n) is 5.07. The highest BCUT2D eigenvalue weighted by Gasteiger charge is 2.26. The fourth-order valence-corrected chi connectivity index (χ4v) is 3.91. The van der Waals surface area contributed by atoms with Crippen molar-refractivity contribution in [3.8, 4) is 11.8 Å². The summed E-state index contributed by atoms with van der Waals surface area (Å²) in [4.78, 5) is 5.01. The first kappa shape index (κ1) is 19.4. The Kier molecular flexibility index (Phi) is 5.75. The Morgan fingerprint density at radius 2 is 1.76 bits per heavy atom. The minimum atomic E-state index is -0.183. The minimum Gasteiger partial charge on any atom is -0.497 e. The fourth-order valence-electron chi connectivity index (χ4n) is 3.51. The van der Waals surface area contributed by atoms with Gasteiger partial charge in [0, 0.05) is 22.6 Å². The van der Waals surface area contributed by atoms with Crippen molar-refractivity contribution >= 4 is 21.6 Å². The lowest BCUT2D eigenvalue weighted by Crippen LogP contribution is -2.33. The van der Waals surface area contributed by atoms with Gasteiger partial charge in [0.15, 0.2) is 0 Å². The summed E-state index contributed by atoms with van der Waals surface area (Å²) in [5.41, 5.74) is 5.03. The van der Waals surface area contributed by atoms with Crippen LogP contribution in [0.3, 0.4) is 0 Å². The van der Waals surface area contributed by atoms with Crippen LogP contribution >= 0.6 is 15.9 Å². The molecule has 1 N–H and O–H groups in total. The van der Waals surface area contributed by atoms with Gasteiger partial charge in [-0.1, -0.05) is 52.3 Å². The van der Waals surface area contributed by atoms with Gasteiger partial charge in [-0.15, -0.1) is 0 Å². The Bertz CT molecular complexity index is 1070. The van der Waals surface area contributed by atoms with Gasteiger partial charge < -0.3 is 4.74 Å². The summed E-state index contributed by atoms with van der Waals surface area (Å²) < 4.78 is 6.33. The summed E-state index contributed by atoms with van der Waals surface area (Å²) in [6, 6.07) is 26.3. The molecule has 3 aromatic carbocycles. The van der Waals surface area contributed by atoms with E-state index in [-0.39, 0.29) is 12.2 Å². The molecule has 144 valence electrons. The summed E-state index contributed by atoms with van der Waals surface area (Å²) in [5, 5.41) is 12.7. The zero-order valence-electron chi connectivity index (χ0n) is 16.0. The first-order chi connectivity index (χ1) is 14.2. The van der Waals surface area contributed by atoms with Crippen molar-refractivity contribution in [2.45, 2.75) is 18.6 Å². The third-order valence-corrected chi connectivity index (χ3v) is 5.57. The van der Waals surface area contributed by atoms with Crippen molar-refractivity contribution in [2.75, 3.05) is 7.11 Å². The van der Waals surface area contributed by atoms with Gasteiger partial charge in [0.1, 0.15) is 11.9 Å². The van der Waals surface area contributed by atoms with Crippen LogP contribution in [0.1, 0.15) is 40.9 Å². The van der Waals surface area contributed by atoms with E-state index in [1.54, 1.807) is 7.11 Å². The van der Waals surface area contributed by atoms with E-state index in [9.17, 15) is 0 Å². The minimum absolute atomic E-state index is 0.119. The number of halogens is 1. The molecule has 0 bridgehead atoms. The Morgan fingerprint density at radius 1 is 1.03 bits per heavy atom. The Balaban J connectivity index is 1.71. The van der Waals surface area contributed by atoms with E-state index in [0.717, 1.165) is 33.5 Å². The fraction of sp³-hybridized carbons (Fsp3) is 0.167. The number of nitriles is 1. The molecule has 0 saturated heterocycles. The monoisotopic (exact) mass is 445 g/mol. The molecular formula is C24H20BrN3O. The van der Waals surface area contributed by atoms with E-state index in [1.165, 1.54) is 5.56 Å². The SMILES string of the molecule is COc1ccc([C@H]2CC(c3cccc(Br)c3)=N[C@H](c3ccc(C#N)cc3)N2)cc1. The average Bonchev–Trinajstić information content (AvgIpc) is 2.79. The summed E-state index contributed by atoms with van der Waals surface area (Å²) in [5.74, 6) is 0.842. The summed E-state index contributed by atoms with van der Waals surface area (Å²) in [6.45, 7) is 0. The molecule has 0 aliphatic carbocycles. The van der Waals surface area contributed by atoms with Crippen molar-refractivity contribution in [2.24, 2.45) is 4.99 Å². The molecule has 0 fully saturated rings. The van der Waals surface area contributed by atoms with Gasteiger partial charge in [-0.2, -0.15) is 5.26 Å². The van der Waals surface area contributed by atoms with Crippen LogP contribution in [0.4, 0.5) is 0 Å². The number of methoxy groups -OCH3 is 1. The Morgan fingerprint density at radius 3 is 2.41 bits per heavy atom. The first-order valence-corrected chi connectivity index (χ1v) is 10.2. The van der Waals surface area contributed by atoms with E-state index in [2.05, 4.69) is 51.6 Å². The maximum absolute atomic E-state index is 9.08. The number of nitrogens with one attached hydrogen (secondary N) is 1. The normalized spacial score (nSPS) is 18.6. The zero-order chi connectivity index (χ0) is 20.2. The quantitative estimate of drug-likeness (QED) is 0.572. The summed E-state index contributed by atoms with van der Waals surface area (Å²) in [6.07, 6.45) is 0.604. The number of rotatable bonds is 4. The zero-order valence-corrected chi connectivity index (χ0v) is 17.6. The van der Waals surface area contributed by atoms with Crippen LogP contribution in [-0.2, 0) is 0 Å². The first-order valence-electron chi connectivity index (χ1n) is 9.39. The molecule has 0 saturated carbocycles. The maximum Gasteiger partial charge on any atom is 0.126 e. The molecule has 3 aromatic rings. The second-order valence-electron chi connectivity index (χ2n) is 6.92. The van der Waals surface area contributed by atoms with Gasteiger partial charge in [0.05, 0.1) is 18.7 Å². The number of ether oxygens (including phenoxy) is 1. The number of hydrogen-bond acceptors (Lipinski definition) is 4. The van der Waals surface area contributed by atoms with E-state index in [1.807, 2.05) is 48.5 Å². The number of nitrogens with zero attached hydrogens (tertiary/aromatic N) is 2. The van der Waals surface area contributed by atoms with Crippen molar-refractivity contribution in [1.29, 1.82) is 5.26 Å². The highest BCUT2D eigenvalue weighted by molar-refractivity contribution is 9.10. The van der Waals surface area contributed by atoms with Gasteiger partial charge in [-0.05, 0) is 53.1 Å². The van der Waals surface area contributed by atoms with E-state index in [0.29, 0.717) is 5.56 Å². The van der Waals surface area contributed by atoms with Crippen LogP contribution in [0.5, 0.6) is 5.75 Å². The predicted molar refractivity (Wildman–Crippen MR) is 118 cm³/mol. The molecule has 5 heteroatoms. The lowest BCUT2D eigenvalue weighted by Gasteiger charge is -2.30. The standard InChI is InChI=1S/C24H20BrN3O/c1-29-21-11-9-17(10-12-21)22-14-23(19-3-2-4-20(25)13-19)28-24(27-22)18-7-5-16(15-26)6-8-18/h2-13,22,24,27H,14H2,1H3/t22-,24-/m1/s1. The van der Waals surface area contributed by atoms with E-state index >= 15 is 0 Å². The lowest BCUT2D eigenvalue weighted by molar-refractivity contribution is 0.413. The average molecular weight is 446 g/mol. The third kappa shape index (κ3) is 4.40. The molecule has 1 aliphatic heterocycles. The van der Waals surface area contributed by atoms with Gasteiger partial charge >= 0.3 is 0 Å². The van der Waals surface area contributed by atoms with E-state index in [4.69, 9.17) is 15.0 Å². The summed E-state index contributed by atoms with van der Waals surface area (Å²) >= 11 is 3.57. The van der Waals surface area contributed by atoms with Crippen LogP contribution in [0.25, 0.3) is 0 Å². The Hall–Kier alpha value is -2.94. The molecule has 0 aromatic heterocycles. The molecule has 0 amide bonds. The van der Waals surface area contributed by atoms with Gasteiger partial charge in [0.25, 0.3) is 0 Å². The molecule has 0 radical (unpaired) electrons. The van der Waals surface area contributed by atoms with Crippen LogP contribution < -0.4 is 10.1 Å². The largest absolute Gasteiger partial charge is 0.497 e. The van der Waals surface area contributed by atoms with Crippen molar-refractivity contribution in [1.82, 2.24) is 5.32 Å². The van der Waals surface area contributed by atoms with Crippen molar-refractivity contribution in [3.05, 3.63) is 99.5 Å². The van der Waals surface area contributed by atoms with Gasteiger partial charge in [0.2, 0.25) is 0 Å². The van der Waals surface area contributed by atoms with Crippen LogP contribution in [0.2, 0.25) is 0 Å². The van der Waals surface area contributed by atoms with Crippen LogP contribution in [0.15, 0.2) is 82.3 Å². The van der Waals surface area contributed by atoms with Gasteiger partial charge in [-0.25, -0.2) is 0 Å². The van der Waals surface area contributed by atoms with Crippen LogP contribution in [-0.4, -0.2) is 12.8 Å². The molecule has 1 heterocycles. The molecule has 29 heavy (non-hydrogen) atoms. The van der Waals surface area contributed by atoms with Crippen molar-refractivity contribution in [3.63, 3.8) is 0 Å². The summed E-state index contributed by atoms with van der Waals surface area (Å²) in [7, 11) is 1.67. The molecule has 0 unspecified atom stereocenters. The van der Waals surface area contributed by atoms with Gasteiger partial charge in [-0.3, -0.25) is 10.3 Å². The van der Waals surface area contributed by atoms with Crippen molar-refractivity contribution < 1.29 is 4.74 Å². The second kappa shape index (κ2) is 8.60. The van der Waals surface area contributed by atoms with E-state index < -0.39 is 0 Å². The number of hydrogen-bond donors (Lipinski definition) is 1. The molecular weight excluding hydrogens is 426 g/mol.